The molecule has 1 aromatic heterocycles. The van der Waals surface area contributed by atoms with Gasteiger partial charge in [0, 0.05) is 38.5 Å². The van der Waals surface area contributed by atoms with Crippen molar-refractivity contribution in [1.29, 1.82) is 0 Å². The largest absolute Gasteiger partial charge is 0.372 e. The molecule has 24 heavy (non-hydrogen) atoms. The smallest absolute Gasteiger partial charge is 0.274 e. The van der Waals surface area contributed by atoms with Crippen molar-refractivity contribution >= 4 is 11.8 Å². The first kappa shape index (κ1) is 18.4. The van der Waals surface area contributed by atoms with Gasteiger partial charge in [-0.3, -0.25) is 14.7 Å². The third-order valence-corrected chi connectivity index (χ3v) is 4.04. The Bertz CT molecular complexity index is 556. The molecule has 0 atom stereocenters. The third kappa shape index (κ3) is 5.06. The second kappa shape index (κ2) is 8.82. The maximum Gasteiger partial charge on any atom is 0.274 e. The zero-order chi connectivity index (χ0) is 17.5. The van der Waals surface area contributed by atoms with E-state index in [1.807, 2.05) is 13.0 Å². The molecule has 2 heterocycles. The van der Waals surface area contributed by atoms with Crippen molar-refractivity contribution in [3.05, 3.63) is 17.5 Å². The molecule has 1 aromatic rings. The number of carbonyl (C=O) groups is 2. The van der Waals surface area contributed by atoms with Gasteiger partial charge in [0.15, 0.2) is 0 Å². The minimum atomic E-state index is -0.0691. The number of hydrogen-bond acceptors (Lipinski definition) is 4. The van der Waals surface area contributed by atoms with Crippen LogP contribution in [0.15, 0.2) is 6.07 Å². The Kier molecular flexibility index (Phi) is 6.78. The summed E-state index contributed by atoms with van der Waals surface area (Å²) in [5.41, 5.74) is 1.44. The van der Waals surface area contributed by atoms with E-state index >= 15 is 0 Å². The van der Waals surface area contributed by atoms with Gasteiger partial charge < -0.3 is 14.5 Å². The first-order chi connectivity index (χ1) is 11.5. The first-order valence-electron chi connectivity index (χ1n) is 8.70. The van der Waals surface area contributed by atoms with Gasteiger partial charge in [-0.2, -0.15) is 5.10 Å². The van der Waals surface area contributed by atoms with E-state index in [-0.39, 0.29) is 18.4 Å². The predicted molar refractivity (Wildman–Crippen MR) is 90.7 cm³/mol. The van der Waals surface area contributed by atoms with Gasteiger partial charge in [0.1, 0.15) is 12.3 Å². The van der Waals surface area contributed by atoms with Crippen molar-refractivity contribution in [3.63, 3.8) is 0 Å². The molecule has 1 N–H and O–H groups in total. The first-order valence-corrected chi connectivity index (χ1v) is 8.70. The lowest BCUT2D eigenvalue weighted by atomic mass is 10.1. The fourth-order valence-electron chi connectivity index (χ4n) is 2.83. The van der Waals surface area contributed by atoms with Crippen LogP contribution in [0.25, 0.3) is 0 Å². The van der Waals surface area contributed by atoms with Gasteiger partial charge in [-0.25, -0.2) is 0 Å². The molecule has 1 aliphatic rings. The third-order valence-electron chi connectivity index (χ3n) is 4.04. The number of amides is 2. The number of ether oxygens (including phenoxy) is 1. The summed E-state index contributed by atoms with van der Waals surface area (Å²) in [6, 6.07) is 1.84. The van der Waals surface area contributed by atoms with E-state index in [2.05, 4.69) is 24.0 Å². The summed E-state index contributed by atoms with van der Waals surface area (Å²) in [7, 11) is 0. The Labute approximate surface area is 143 Å². The Hall–Kier alpha value is -1.89. The highest BCUT2D eigenvalue weighted by molar-refractivity contribution is 5.92. The molecule has 2 rings (SSSR count). The molecule has 1 aliphatic heterocycles. The summed E-state index contributed by atoms with van der Waals surface area (Å²) < 4.78 is 5.18. The molecule has 0 radical (unpaired) electrons. The Balaban J connectivity index is 1.91. The highest BCUT2D eigenvalue weighted by Gasteiger charge is 2.24. The van der Waals surface area contributed by atoms with Gasteiger partial charge in [-0.15, -0.1) is 0 Å². The Morgan fingerprint density at radius 3 is 2.67 bits per heavy atom. The van der Waals surface area contributed by atoms with Gasteiger partial charge in [-0.05, 0) is 31.7 Å². The number of nitrogens with one attached hydrogen (secondary N) is 1. The Morgan fingerprint density at radius 2 is 1.96 bits per heavy atom. The van der Waals surface area contributed by atoms with Crippen molar-refractivity contribution in [2.75, 3.05) is 39.4 Å². The second-order valence-corrected chi connectivity index (χ2v) is 6.54. The van der Waals surface area contributed by atoms with Crippen LogP contribution in [0.5, 0.6) is 0 Å². The molecular weight excluding hydrogens is 308 g/mol. The van der Waals surface area contributed by atoms with Crippen molar-refractivity contribution < 1.29 is 14.3 Å². The van der Waals surface area contributed by atoms with Crippen LogP contribution in [-0.2, 0) is 16.0 Å². The van der Waals surface area contributed by atoms with Crippen molar-refractivity contribution in [3.8, 4) is 0 Å². The zero-order valence-corrected chi connectivity index (χ0v) is 14.9. The van der Waals surface area contributed by atoms with Crippen molar-refractivity contribution in [2.45, 2.75) is 33.6 Å². The van der Waals surface area contributed by atoms with Crippen molar-refractivity contribution in [2.24, 2.45) is 5.92 Å². The highest BCUT2D eigenvalue weighted by Crippen LogP contribution is 2.11. The molecule has 0 aliphatic carbocycles. The summed E-state index contributed by atoms with van der Waals surface area (Å²) in [6.45, 7) is 9.15. The second-order valence-electron chi connectivity index (χ2n) is 6.54. The molecule has 0 aromatic carbocycles. The Morgan fingerprint density at radius 1 is 1.25 bits per heavy atom. The minimum Gasteiger partial charge on any atom is -0.372 e. The van der Waals surface area contributed by atoms with Gasteiger partial charge in [0.05, 0.1) is 0 Å². The van der Waals surface area contributed by atoms with Crippen LogP contribution in [0.3, 0.4) is 0 Å². The molecule has 0 bridgehead atoms. The lowest BCUT2D eigenvalue weighted by molar-refractivity contribution is -0.135. The fourth-order valence-corrected chi connectivity index (χ4v) is 2.83. The topological polar surface area (TPSA) is 78.5 Å². The molecule has 0 saturated carbocycles. The van der Waals surface area contributed by atoms with Gasteiger partial charge in [0.2, 0.25) is 5.91 Å². The molecule has 134 valence electrons. The highest BCUT2D eigenvalue weighted by atomic mass is 16.5. The standard InChI is InChI=1S/C17H28N4O3/c1-4-24-12-16(22)20-6-5-7-21(9-8-20)17(23)15-11-14(18-19-15)10-13(2)3/h11,13H,4-10,12H2,1-3H3,(H,18,19). The molecule has 7 heteroatoms. The SMILES string of the molecule is CCOCC(=O)N1CCCN(C(=O)c2cc(CC(C)C)[nH]n2)CC1. The summed E-state index contributed by atoms with van der Waals surface area (Å²) >= 11 is 0. The maximum atomic E-state index is 12.6. The van der Waals surface area contributed by atoms with E-state index in [0.717, 1.165) is 18.5 Å². The summed E-state index contributed by atoms with van der Waals surface area (Å²) in [4.78, 5) is 28.2. The van der Waals surface area contributed by atoms with Crippen LogP contribution in [-0.4, -0.2) is 71.2 Å². The lowest BCUT2D eigenvalue weighted by Gasteiger charge is -2.21. The summed E-state index contributed by atoms with van der Waals surface area (Å²) in [6.07, 6.45) is 1.65. The molecular formula is C17H28N4O3. The number of aromatic amines is 1. The van der Waals surface area contributed by atoms with Crippen LogP contribution < -0.4 is 0 Å². The molecule has 0 spiro atoms. The average Bonchev–Trinajstić information content (AvgIpc) is 2.86. The summed E-state index contributed by atoms with van der Waals surface area (Å²) in [5.74, 6) is 0.432. The van der Waals surface area contributed by atoms with E-state index in [1.54, 1.807) is 9.80 Å². The van der Waals surface area contributed by atoms with E-state index < -0.39 is 0 Å². The predicted octanol–water partition coefficient (Wildman–Crippen LogP) is 1.32. The van der Waals surface area contributed by atoms with Gasteiger partial charge in [-0.1, -0.05) is 13.8 Å². The van der Waals surface area contributed by atoms with E-state index in [0.29, 0.717) is 44.4 Å². The number of hydrogen-bond donors (Lipinski definition) is 1. The van der Waals surface area contributed by atoms with E-state index in [1.165, 1.54) is 0 Å². The number of nitrogens with zero attached hydrogens (tertiary/aromatic N) is 3. The lowest BCUT2D eigenvalue weighted by Crippen LogP contribution is -2.38. The fraction of sp³-hybridized carbons (Fsp3) is 0.706. The maximum absolute atomic E-state index is 12.6. The van der Waals surface area contributed by atoms with Crippen LogP contribution >= 0.6 is 0 Å². The molecule has 1 fully saturated rings. The number of H-pyrrole nitrogens is 1. The quantitative estimate of drug-likeness (QED) is 0.850. The van der Waals surface area contributed by atoms with Crippen LogP contribution in [0.2, 0.25) is 0 Å². The van der Waals surface area contributed by atoms with Gasteiger partial charge >= 0.3 is 0 Å². The molecule has 2 amide bonds. The number of carbonyl (C=O) groups excluding carboxylic acids is 2. The van der Waals surface area contributed by atoms with E-state index in [9.17, 15) is 9.59 Å². The normalized spacial score (nSPS) is 15.7. The molecule has 1 saturated heterocycles. The van der Waals surface area contributed by atoms with Crippen molar-refractivity contribution in [1.82, 2.24) is 20.0 Å². The van der Waals surface area contributed by atoms with Crippen LogP contribution in [0, 0.1) is 5.92 Å². The monoisotopic (exact) mass is 336 g/mol. The van der Waals surface area contributed by atoms with Gasteiger partial charge in [0.25, 0.3) is 5.91 Å². The average molecular weight is 336 g/mol. The number of rotatable bonds is 6. The number of aromatic nitrogens is 2. The molecule has 7 nitrogen and oxygen atoms in total. The minimum absolute atomic E-state index is 0.00913. The summed E-state index contributed by atoms with van der Waals surface area (Å²) in [5, 5.41) is 7.10. The molecule has 0 unspecified atom stereocenters. The van der Waals surface area contributed by atoms with Crippen LogP contribution in [0.4, 0.5) is 0 Å². The van der Waals surface area contributed by atoms with E-state index in [4.69, 9.17) is 4.74 Å². The zero-order valence-electron chi connectivity index (χ0n) is 14.9. The van der Waals surface area contributed by atoms with Crippen LogP contribution in [0.1, 0.15) is 43.4 Å².